The van der Waals surface area contributed by atoms with Crippen LogP contribution in [0.3, 0.4) is 0 Å². The summed E-state index contributed by atoms with van der Waals surface area (Å²) in [5.74, 6) is -0.375. The maximum absolute atomic E-state index is 11.2. The third-order valence-corrected chi connectivity index (χ3v) is 2.42. The molecule has 2 aromatic rings. The van der Waals surface area contributed by atoms with E-state index < -0.39 is 0 Å². The lowest BCUT2D eigenvalue weighted by Crippen LogP contribution is -2.00. The lowest BCUT2D eigenvalue weighted by molar-refractivity contribution is 0.0601. The van der Waals surface area contributed by atoms with Crippen molar-refractivity contribution >= 4 is 32.9 Å². The Kier molecular flexibility index (Phi) is 2.25. The van der Waals surface area contributed by atoms with Crippen LogP contribution in [0.15, 0.2) is 27.3 Å². The number of hydrogen-bond donors (Lipinski definition) is 0. The van der Waals surface area contributed by atoms with Gasteiger partial charge in [0.05, 0.1) is 18.1 Å². The average molecular weight is 256 g/mol. The Balaban J connectivity index is 2.60. The Morgan fingerprint density at radius 3 is 3.07 bits per heavy atom. The summed E-state index contributed by atoms with van der Waals surface area (Å²) in [5.41, 5.74) is 1.11. The molecule has 5 heteroatoms. The maximum Gasteiger partial charge on any atom is 0.337 e. The van der Waals surface area contributed by atoms with Gasteiger partial charge >= 0.3 is 5.97 Å². The second kappa shape index (κ2) is 3.42. The summed E-state index contributed by atoms with van der Waals surface area (Å²) >= 11 is 3.22. The largest absolute Gasteiger partial charge is 0.465 e. The van der Waals surface area contributed by atoms with E-state index >= 15 is 0 Å². The van der Waals surface area contributed by atoms with Gasteiger partial charge in [-0.2, -0.15) is 0 Å². The number of nitrogens with zero attached hydrogens (tertiary/aromatic N) is 1. The van der Waals surface area contributed by atoms with Gasteiger partial charge in [0.1, 0.15) is 0 Å². The molecule has 0 radical (unpaired) electrons. The van der Waals surface area contributed by atoms with Crippen molar-refractivity contribution in [3.63, 3.8) is 0 Å². The summed E-state index contributed by atoms with van der Waals surface area (Å²) in [6.45, 7) is 0. The van der Waals surface area contributed by atoms with Crippen molar-refractivity contribution < 1.29 is 14.1 Å². The molecule has 0 unspecified atom stereocenters. The van der Waals surface area contributed by atoms with Crippen LogP contribution >= 0.6 is 15.9 Å². The van der Waals surface area contributed by atoms with Crippen LogP contribution in [-0.4, -0.2) is 18.2 Å². The lowest BCUT2D eigenvalue weighted by Gasteiger charge is -1.97. The highest BCUT2D eigenvalue weighted by Crippen LogP contribution is 2.24. The number of fused-ring (bicyclic) bond motifs is 1. The van der Waals surface area contributed by atoms with Gasteiger partial charge in [-0.1, -0.05) is 5.16 Å². The summed E-state index contributed by atoms with van der Waals surface area (Å²) in [6, 6.07) is 4.98. The number of methoxy groups -OCH3 is 1. The van der Waals surface area contributed by atoms with E-state index in [-0.39, 0.29) is 5.97 Å². The predicted molar refractivity (Wildman–Crippen MR) is 53.0 cm³/mol. The number of benzene rings is 1. The number of carbonyl (C=O) groups is 1. The second-order valence-electron chi connectivity index (χ2n) is 2.68. The highest BCUT2D eigenvalue weighted by molar-refractivity contribution is 9.10. The topological polar surface area (TPSA) is 52.3 Å². The molecule has 14 heavy (non-hydrogen) atoms. The zero-order valence-electron chi connectivity index (χ0n) is 7.28. The van der Waals surface area contributed by atoms with Crippen LogP contribution in [-0.2, 0) is 4.74 Å². The number of halogens is 1. The van der Waals surface area contributed by atoms with E-state index in [0.29, 0.717) is 15.7 Å². The minimum absolute atomic E-state index is 0.375. The zero-order chi connectivity index (χ0) is 10.1. The molecule has 0 bridgehead atoms. The van der Waals surface area contributed by atoms with E-state index in [2.05, 4.69) is 25.8 Å². The molecule has 1 aromatic heterocycles. The fourth-order valence-corrected chi connectivity index (χ4v) is 1.54. The lowest BCUT2D eigenvalue weighted by atomic mass is 10.2. The fourth-order valence-electron chi connectivity index (χ4n) is 1.15. The molecule has 0 aliphatic heterocycles. The standard InChI is InChI=1S/C9H6BrNO3/c1-13-9(12)5-2-3-7-6(4-5)8(10)11-14-7/h2-4H,1H3. The Morgan fingerprint density at radius 1 is 1.57 bits per heavy atom. The van der Waals surface area contributed by atoms with Gasteiger partial charge in [-0.05, 0) is 34.1 Å². The van der Waals surface area contributed by atoms with Gasteiger partial charge in [0.2, 0.25) is 0 Å². The van der Waals surface area contributed by atoms with Gasteiger partial charge in [0, 0.05) is 0 Å². The van der Waals surface area contributed by atoms with E-state index in [4.69, 9.17) is 4.52 Å². The summed E-state index contributed by atoms with van der Waals surface area (Å²) in [4.78, 5) is 11.2. The minimum atomic E-state index is -0.375. The van der Waals surface area contributed by atoms with Gasteiger partial charge in [-0.25, -0.2) is 4.79 Å². The Hall–Kier alpha value is -1.36. The maximum atomic E-state index is 11.2. The monoisotopic (exact) mass is 255 g/mol. The molecule has 1 heterocycles. The number of esters is 1. The predicted octanol–water partition coefficient (Wildman–Crippen LogP) is 2.38. The SMILES string of the molecule is COC(=O)c1ccc2onc(Br)c2c1. The van der Waals surface area contributed by atoms with Crippen molar-refractivity contribution in [2.45, 2.75) is 0 Å². The number of hydrogen-bond acceptors (Lipinski definition) is 4. The molecule has 72 valence electrons. The molecule has 0 aliphatic rings. The average Bonchev–Trinajstić information content (AvgIpc) is 2.59. The molecular weight excluding hydrogens is 250 g/mol. The molecule has 4 nitrogen and oxygen atoms in total. The fraction of sp³-hybridized carbons (Fsp3) is 0.111. The van der Waals surface area contributed by atoms with E-state index in [1.807, 2.05) is 0 Å². The van der Waals surface area contributed by atoms with E-state index in [0.717, 1.165) is 5.39 Å². The summed E-state index contributed by atoms with van der Waals surface area (Å²) in [5, 5.41) is 4.47. The minimum Gasteiger partial charge on any atom is -0.465 e. The smallest absolute Gasteiger partial charge is 0.337 e. The quantitative estimate of drug-likeness (QED) is 0.735. The number of ether oxygens (including phenoxy) is 1. The number of rotatable bonds is 1. The van der Waals surface area contributed by atoms with Gasteiger partial charge < -0.3 is 9.26 Å². The van der Waals surface area contributed by atoms with Gasteiger partial charge in [-0.3, -0.25) is 0 Å². The van der Waals surface area contributed by atoms with Crippen LogP contribution in [0.2, 0.25) is 0 Å². The van der Waals surface area contributed by atoms with Crippen LogP contribution in [0, 0.1) is 0 Å². The second-order valence-corrected chi connectivity index (χ2v) is 3.43. The molecule has 0 fully saturated rings. The van der Waals surface area contributed by atoms with Crippen molar-refractivity contribution in [1.82, 2.24) is 5.16 Å². The molecule has 0 atom stereocenters. The molecule has 1 aromatic carbocycles. The van der Waals surface area contributed by atoms with Gasteiger partial charge in [0.25, 0.3) is 0 Å². The first kappa shape index (κ1) is 9.21. The molecule has 0 spiro atoms. The Labute approximate surface area is 88.0 Å². The summed E-state index contributed by atoms with van der Waals surface area (Å²) in [6.07, 6.45) is 0. The van der Waals surface area contributed by atoms with Crippen LogP contribution < -0.4 is 0 Å². The van der Waals surface area contributed by atoms with E-state index in [1.54, 1.807) is 18.2 Å². The third kappa shape index (κ3) is 1.39. The first-order chi connectivity index (χ1) is 6.72. The highest BCUT2D eigenvalue weighted by atomic mass is 79.9. The van der Waals surface area contributed by atoms with Crippen LogP contribution in [0.1, 0.15) is 10.4 Å². The first-order valence-electron chi connectivity index (χ1n) is 3.85. The highest BCUT2D eigenvalue weighted by Gasteiger charge is 2.10. The molecule has 0 saturated carbocycles. The summed E-state index contributed by atoms with van der Waals surface area (Å²) in [7, 11) is 1.34. The molecule has 0 saturated heterocycles. The molecule has 0 N–H and O–H groups in total. The molecule has 0 aliphatic carbocycles. The Morgan fingerprint density at radius 2 is 2.36 bits per heavy atom. The van der Waals surface area contributed by atoms with E-state index in [9.17, 15) is 4.79 Å². The van der Waals surface area contributed by atoms with Crippen molar-refractivity contribution in [2.75, 3.05) is 7.11 Å². The van der Waals surface area contributed by atoms with Gasteiger partial charge in [-0.15, -0.1) is 0 Å². The van der Waals surface area contributed by atoms with E-state index in [1.165, 1.54) is 7.11 Å². The van der Waals surface area contributed by atoms with Crippen molar-refractivity contribution in [3.8, 4) is 0 Å². The first-order valence-corrected chi connectivity index (χ1v) is 4.65. The van der Waals surface area contributed by atoms with Crippen LogP contribution in [0.5, 0.6) is 0 Å². The number of aromatic nitrogens is 1. The molecule has 2 rings (SSSR count). The van der Waals surface area contributed by atoms with Crippen molar-refractivity contribution in [2.24, 2.45) is 0 Å². The molecular formula is C9H6BrNO3. The van der Waals surface area contributed by atoms with Crippen LogP contribution in [0.25, 0.3) is 11.0 Å². The van der Waals surface area contributed by atoms with Crippen molar-refractivity contribution in [1.29, 1.82) is 0 Å². The van der Waals surface area contributed by atoms with Crippen molar-refractivity contribution in [3.05, 3.63) is 28.4 Å². The zero-order valence-corrected chi connectivity index (χ0v) is 8.87. The normalized spacial score (nSPS) is 10.4. The van der Waals surface area contributed by atoms with Gasteiger partial charge in [0.15, 0.2) is 10.2 Å². The Bertz CT molecular complexity index is 492. The number of carbonyl (C=O) groups excluding carboxylic acids is 1. The summed E-state index contributed by atoms with van der Waals surface area (Å²) < 4.78 is 10.1. The van der Waals surface area contributed by atoms with Crippen LogP contribution in [0.4, 0.5) is 0 Å². The third-order valence-electron chi connectivity index (χ3n) is 1.85. The molecule has 0 amide bonds.